The van der Waals surface area contributed by atoms with Crippen LogP contribution in [-0.4, -0.2) is 39.0 Å². The first-order valence-electron chi connectivity index (χ1n) is 6.02. The van der Waals surface area contributed by atoms with Gasteiger partial charge in [0.15, 0.2) is 0 Å². The fourth-order valence-corrected chi connectivity index (χ4v) is 9.87. The van der Waals surface area contributed by atoms with Gasteiger partial charge in [-0.15, -0.1) is 0 Å². The van der Waals surface area contributed by atoms with E-state index in [9.17, 15) is 26.7 Å². The fourth-order valence-electron chi connectivity index (χ4n) is 3.57. The summed E-state index contributed by atoms with van der Waals surface area (Å²) in [6.45, 7) is 5.70. The summed E-state index contributed by atoms with van der Waals surface area (Å²) in [5.41, 5.74) is -6.01. The normalized spacial score (nSPS) is 41.7. The van der Waals surface area contributed by atoms with E-state index in [-0.39, 0.29) is 11.3 Å². The second-order valence-corrected chi connectivity index (χ2v) is 12.9. The number of halogens is 3. The Bertz CT molecular complexity index is 488. The summed E-state index contributed by atoms with van der Waals surface area (Å²) in [7, 11) is -5.11. The molecule has 0 heterocycles. The Morgan fingerprint density at radius 1 is 1.26 bits per heavy atom. The van der Waals surface area contributed by atoms with Gasteiger partial charge >= 0.3 is 116 Å². The van der Waals surface area contributed by atoms with Crippen LogP contribution in [0.4, 0.5) is 13.2 Å². The van der Waals surface area contributed by atoms with Gasteiger partial charge in [0, 0.05) is 0 Å². The molecule has 2 rings (SSSR count). The number of rotatable bonds is 2. The molecule has 0 spiro atoms. The van der Waals surface area contributed by atoms with Crippen LogP contribution in [0.5, 0.6) is 0 Å². The fraction of sp³-hybridized carbons (Fsp3) is 1.00. The van der Waals surface area contributed by atoms with Crippen LogP contribution in [0, 0.1) is 16.7 Å². The minimum absolute atomic E-state index is 0.148. The quantitative estimate of drug-likeness (QED) is 0.763. The second-order valence-electron chi connectivity index (χ2n) is 6.19. The van der Waals surface area contributed by atoms with E-state index in [1.54, 1.807) is 0 Å². The molecule has 2 fully saturated rings. The number of fused-ring (bicyclic) bond motifs is 2. The molecule has 19 heavy (non-hydrogen) atoms. The Kier molecular flexibility index (Phi) is 3.38. The summed E-state index contributed by atoms with van der Waals surface area (Å²) in [4.78, 5) is -0.757. The molecular formula is C11H17F3O3SSe. The Morgan fingerprint density at radius 3 is 2.16 bits per heavy atom. The maximum atomic E-state index is 12.5. The summed E-state index contributed by atoms with van der Waals surface area (Å²) in [6, 6.07) is 0. The van der Waals surface area contributed by atoms with Crippen molar-refractivity contribution in [2.75, 3.05) is 0 Å². The van der Waals surface area contributed by atoms with Gasteiger partial charge < -0.3 is 0 Å². The van der Waals surface area contributed by atoms with E-state index in [1.165, 1.54) is 0 Å². The van der Waals surface area contributed by atoms with E-state index >= 15 is 0 Å². The Hall–Kier alpha value is 0.219. The van der Waals surface area contributed by atoms with Gasteiger partial charge in [-0.2, -0.15) is 0 Å². The molecule has 0 aromatic heterocycles. The van der Waals surface area contributed by atoms with E-state index in [2.05, 4.69) is 0 Å². The van der Waals surface area contributed by atoms with Crippen LogP contribution in [-0.2, 0) is 8.26 Å². The zero-order valence-corrected chi connectivity index (χ0v) is 13.4. The van der Waals surface area contributed by atoms with Crippen molar-refractivity contribution in [1.29, 1.82) is 0 Å². The molecule has 0 aromatic carbocycles. The van der Waals surface area contributed by atoms with Crippen molar-refractivity contribution >= 4 is 22.1 Å². The number of aliphatic hydroxyl groups is 1. The zero-order valence-electron chi connectivity index (χ0n) is 10.9. The predicted molar refractivity (Wildman–Crippen MR) is 65.1 cm³/mol. The molecular weight excluding hydrogens is 348 g/mol. The van der Waals surface area contributed by atoms with Crippen LogP contribution in [0.25, 0.3) is 0 Å². The van der Waals surface area contributed by atoms with Gasteiger partial charge in [0.05, 0.1) is 0 Å². The molecule has 1 N–H and O–H groups in total. The van der Waals surface area contributed by atoms with Gasteiger partial charge in [-0.05, 0) is 0 Å². The second kappa shape index (κ2) is 4.12. The molecule has 2 saturated carbocycles. The van der Waals surface area contributed by atoms with Gasteiger partial charge in [0.2, 0.25) is 0 Å². The van der Waals surface area contributed by atoms with E-state index < -0.39 is 43.9 Å². The summed E-state index contributed by atoms with van der Waals surface area (Å²) in [5.74, 6) is -0.148. The van der Waals surface area contributed by atoms with Crippen molar-refractivity contribution in [3.63, 3.8) is 0 Å². The van der Waals surface area contributed by atoms with E-state index in [0.29, 0.717) is 6.42 Å². The van der Waals surface area contributed by atoms with Gasteiger partial charge in [-0.3, -0.25) is 0 Å². The van der Waals surface area contributed by atoms with Crippen LogP contribution < -0.4 is 0 Å². The molecule has 0 saturated heterocycles. The number of hydrogen-bond acceptors (Lipinski definition) is 3. The predicted octanol–water partition coefficient (Wildman–Crippen LogP) is 2.15. The summed E-state index contributed by atoms with van der Waals surface area (Å²) in [5, 5.41) is 10.3. The molecule has 0 amide bonds. The van der Waals surface area contributed by atoms with E-state index in [0.717, 1.165) is 6.42 Å². The van der Waals surface area contributed by atoms with Crippen LogP contribution in [0.1, 0.15) is 33.6 Å². The zero-order chi connectivity index (χ0) is 14.9. The van der Waals surface area contributed by atoms with Gasteiger partial charge in [-0.25, -0.2) is 0 Å². The average molecular weight is 365 g/mol. The monoisotopic (exact) mass is 366 g/mol. The molecule has 2 bridgehead atoms. The third-order valence-corrected chi connectivity index (χ3v) is 11.7. The first-order chi connectivity index (χ1) is 8.34. The standard InChI is InChI=1S/C11H17F3O3SSe/c1-9(2)6-4-5-10(9,3)8(15)7(6)19-18(16,17)11(12,13)14/h6-8,15H,4-5H2,1-3H3/t6?,7-,8+,10?/m0/s1. The average Bonchev–Trinajstić information content (AvgIpc) is 2.51. The van der Waals surface area contributed by atoms with Gasteiger partial charge in [0.25, 0.3) is 0 Å². The van der Waals surface area contributed by atoms with Crippen LogP contribution in [0.3, 0.4) is 0 Å². The van der Waals surface area contributed by atoms with Crippen molar-refractivity contribution < 1.29 is 26.7 Å². The van der Waals surface area contributed by atoms with E-state index in [4.69, 9.17) is 0 Å². The first kappa shape index (κ1) is 15.6. The molecule has 2 aliphatic carbocycles. The number of hydrogen-bond donors (Lipinski definition) is 1. The molecule has 2 unspecified atom stereocenters. The number of aliphatic hydroxyl groups excluding tert-OH is 1. The topological polar surface area (TPSA) is 54.4 Å². The molecule has 0 aliphatic heterocycles. The Balaban J connectivity index is 2.31. The third-order valence-electron chi connectivity index (χ3n) is 5.26. The summed E-state index contributed by atoms with van der Waals surface area (Å²) < 4.78 is 60.1. The molecule has 2 aliphatic rings. The van der Waals surface area contributed by atoms with Crippen molar-refractivity contribution in [2.24, 2.45) is 16.7 Å². The van der Waals surface area contributed by atoms with Crippen molar-refractivity contribution in [1.82, 2.24) is 0 Å². The Labute approximate surface area is 116 Å². The molecule has 112 valence electrons. The van der Waals surface area contributed by atoms with Crippen molar-refractivity contribution in [3.8, 4) is 0 Å². The Morgan fingerprint density at radius 2 is 1.79 bits per heavy atom. The molecule has 8 heteroatoms. The molecule has 4 atom stereocenters. The van der Waals surface area contributed by atoms with Crippen molar-refractivity contribution in [3.05, 3.63) is 0 Å². The van der Waals surface area contributed by atoms with Gasteiger partial charge in [-0.1, -0.05) is 0 Å². The minimum atomic E-state index is -5.21. The molecule has 0 aromatic rings. The maximum absolute atomic E-state index is 12.5. The summed E-state index contributed by atoms with van der Waals surface area (Å²) >= 11 is -1.66. The van der Waals surface area contributed by atoms with Crippen LogP contribution in [0.2, 0.25) is 4.82 Å². The summed E-state index contributed by atoms with van der Waals surface area (Å²) in [6.07, 6.45) is 0.476. The van der Waals surface area contributed by atoms with Crippen LogP contribution in [0.15, 0.2) is 0 Å². The van der Waals surface area contributed by atoms with Crippen molar-refractivity contribution in [2.45, 2.75) is 50.0 Å². The SMILES string of the molecule is CC1(C)C2CCC1(C)[C@H](O)[C@H]2[Se]S(=O)(=O)C(F)(F)F. The number of alkyl halides is 3. The first-order valence-corrected chi connectivity index (χ1v) is 10.5. The van der Waals surface area contributed by atoms with Crippen LogP contribution >= 0.6 is 0 Å². The molecule has 0 radical (unpaired) electrons. The van der Waals surface area contributed by atoms with E-state index in [1.807, 2.05) is 20.8 Å². The molecule has 3 nitrogen and oxygen atoms in total. The van der Waals surface area contributed by atoms with Gasteiger partial charge in [0.1, 0.15) is 0 Å². The third kappa shape index (κ3) is 1.98.